The van der Waals surface area contributed by atoms with Gasteiger partial charge < -0.3 is 5.32 Å². The summed E-state index contributed by atoms with van der Waals surface area (Å²) in [5, 5.41) is 10.8. The van der Waals surface area contributed by atoms with E-state index in [2.05, 4.69) is 53.2 Å². The zero-order chi connectivity index (χ0) is 19.9. The van der Waals surface area contributed by atoms with Gasteiger partial charge in [0.15, 0.2) is 0 Å². The molecule has 0 radical (unpaired) electrons. The quantitative estimate of drug-likeness (QED) is 0.679. The number of amides is 3. The molecule has 3 amide bonds. The molecule has 1 aliphatic rings. The topological polar surface area (TPSA) is 70.2 Å². The van der Waals surface area contributed by atoms with E-state index in [1.54, 1.807) is 18.3 Å². The number of rotatable bonds is 6. The van der Waals surface area contributed by atoms with Gasteiger partial charge in [-0.3, -0.25) is 15.4 Å². The number of hydrogen-bond acceptors (Lipinski definition) is 4. The fraction of sp³-hybridized carbons (Fsp3) is 0.455. The van der Waals surface area contributed by atoms with Gasteiger partial charge in [-0.25, -0.2) is 4.79 Å². The van der Waals surface area contributed by atoms with Gasteiger partial charge in [-0.05, 0) is 43.7 Å². The second kappa shape index (κ2) is 9.85. The molecule has 28 heavy (non-hydrogen) atoms. The van der Waals surface area contributed by atoms with Gasteiger partial charge in [-0.1, -0.05) is 55.2 Å². The van der Waals surface area contributed by atoms with Crippen LogP contribution in [-0.4, -0.2) is 24.0 Å². The van der Waals surface area contributed by atoms with E-state index < -0.39 is 12.1 Å². The number of thiophene rings is 1. The number of aryl methyl sites for hydroxylation is 1. The van der Waals surface area contributed by atoms with Gasteiger partial charge >= 0.3 is 6.03 Å². The highest BCUT2D eigenvalue weighted by molar-refractivity contribution is 7.10. The Kier molecular flexibility index (Phi) is 7.23. The van der Waals surface area contributed by atoms with Crippen LogP contribution in [0.1, 0.15) is 61.1 Å². The van der Waals surface area contributed by atoms with Gasteiger partial charge in [0.05, 0.1) is 12.1 Å². The van der Waals surface area contributed by atoms with Crippen LogP contribution in [0.3, 0.4) is 0 Å². The van der Waals surface area contributed by atoms with Crippen LogP contribution in [0.5, 0.6) is 0 Å². The molecular formula is C22H29N3O2S. The largest absolute Gasteiger partial charge is 0.335 e. The van der Waals surface area contributed by atoms with Gasteiger partial charge in [0.1, 0.15) is 0 Å². The Hall–Kier alpha value is -2.18. The molecule has 0 aliphatic heterocycles. The summed E-state index contributed by atoms with van der Waals surface area (Å²) in [6, 6.07) is 11.5. The molecule has 150 valence electrons. The van der Waals surface area contributed by atoms with Crippen LogP contribution in [0.25, 0.3) is 0 Å². The van der Waals surface area contributed by atoms with Crippen molar-refractivity contribution in [1.29, 1.82) is 0 Å². The summed E-state index contributed by atoms with van der Waals surface area (Å²) >= 11 is 1.65. The first-order valence-corrected chi connectivity index (χ1v) is 10.9. The summed E-state index contributed by atoms with van der Waals surface area (Å²) < 4.78 is 0. The minimum atomic E-state index is -0.509. The molecule has 0 spiro atoms. The van der Waals surface area contributed by atoms with Crippen molar-refractivity contribution in [3.8, 4) is 0 Å². The number of urea groups is 1. The highest BCUT2D eigenvalue weighted by Gasteiger charge is 2.23. The fourth-order valence-corrected chi connectivity index (χ4v) is 4.38. The maximum atomic E-state index is 12.6. The molecule has 1 aromatic carbocycles. The lowest BCUT2D eigenvalue weighted by molar-refractivity contribution is -0.121. The second-order valence-electron chi connectivity index (χ2n) is 7.55. The van der Waals surface area contributed by atoms with Crippen LogP contribution >= 0.6 is 11.3 Å². The maximum absolute atomic E-state index is 12.6. The first-order chi connectivity index (χ1) is 13.5. The molecule has 0 saturated heterocycles. The van der Waals surface area contributed by atoms with Crippen molar-refractivity contribution < 1.29 is 9.59 Å². The van der Waals surface area contributed by atoms with Gasteiger partial charge in [0.25, 0.3) is 0 Å². The highest BCUT2D eigenvalue weighted by atomic mass is 32.1. The van der Waals surface area contributed by atoms with Gasteiger partial charge in [0, 0.05) is 10.9 Å². The Bertz CT molecular complexity index is 768. The number of carbonyl (C=O) groups is 2. The fourth-order valence-electron chi connectivity index (χ4n) is 3.57. The summed E-state index contributed by atoms with van der Waals surface area (Å²) in [4.78, 5) is 25.9. The van der Waals surface area contributed by atoms with E-state index in [0.29, 0.717) is 0 Å². The molecular weight excluding hydrogens is 370 g/mol. The SMILES string of the molecule is Cc1ccc([C@H](N[C@H](C)C(=O)NC(=O)NC2CCCCC2)c2cccs2)cc1. The maximum Gasteiger partial charge on any atom is 0.321 e. The molecule has 1 saturated carbocycles. The summed E-state index contributed by atoms with van der Waals surface area (Å²) in [6.07, 6.45) is 5.47. The van der Waals surface area contributed by atoms with E-state index >= 15 is 0 Å². The molecule has 0 bridgehead atoms. The molecule has 3 rings (SSSR count). The minimum Gasteiger partial charge on any atom is -0.335 e. The van der Waals surface area contributed by atoms with Gasteiger partial charge in [-0.2, -0.15) is 0 Å². The molecule has 2 atom stereocenters. The lowest BCUT2D eigenvalue weighted by atomic mass is 9.96. The van der Waals surface area contributed by atoms with Crippen molar-refractivity contribution in [2.45, 2.75) is 64.1 Å². The highest BCUT2D eigenvalue weighted by Crippen LogP contribution is 2.27. The van der Waals surface area contributed by atoms with Crippen molar-refractivity contribution in [3.05, 3.63) is 57.8 Å². The predicted molar refractivity (Wildman–Crippen MR) is 113 cm³/mol. The number of imide groups is 1. The Morgan fingerprint density at radius 3 is 2.43 bits per heavy atom. The summed E-state index contributed by atoms with van der Waals surface area (Å²) in [6.45, 7) is 3.84. The Balaban J connectivity index is 1.61. The van der Waals surface area contributed by atoms with Crippen LogP contribution in [0.4, 0.5) is 4.79 Å². The van der Waals surface area contributed by atoms with Gasteiger partial charge in [-0.15, -0.1) is 11.3 Å². The average Bonchev–Trinajstić information content (AvgIpc) is 3.22. The van der Waals surface area contributed by atoms with Crippen molar-refractivity contribution in [2.75, 3.05) is 0 Å². The first kappa shape index (κ1) is 20.6. The molecule has 1 aromatic heterocycles. The van der Waals surface area contributed by atoms with E-state index in [0.717, 1.165) is 36.1 Å². The molecule has 6 heteroatoms. The van der Waals surface area contributed by atoms with Gasteiger partial charge in [0.2, 0.25) is 5.91 Å². The average molecular weight is 400 g/mol. The Morgan fingerprint density at radius 2 is 1.79 bits per heavy atom. The van der Waals surface area contributed by atoms with Crippen molar-refractivity contribution in [1.82, 2.24) is 16.0 Å². The molecule has 1 fully saturated rings. The normalized spacial score (nSPS) is 16.9. The smallest absolute Gasteiger partial charge is 0.321 e. The standard InChI is InChI=1S/C22H29N3O2S/c1-15-10-12-17(13-11-15)20(19-9-6-14-28-19)23-16(2)21(26)25-22(27)24-18-7-4-3-5-8-18/h6,9-14,16,18,20,23H,3-5,7-8H2,1-2H3,(H2,24,25,26,27)/t16-,20+/m1/s1. The van der Waals surface area contributed by atoms with Crippen LogP contribution in [0, 0.1) is 6.92 Å². The third-order valence-electron chi connectivity index (χ3n) is 5.23. The number of nitrogens with one attached hydrogen (secondary N) is 3. The molecule has 3 N–H and O–H groups in total. The number of hydrogen-bond donors (Lipinski definition) is 3. The van der Waals surface area contributed by atoms with Crippen LogP contribution in [0.2, 0.25) is 0 Å². The van der Waals surface area contributed by atoms with E-state index in [9.17, 15) is 9.59 Å². The number of benzene rings is 1. The van der Waals surface area contributed by atoms with Crippen LogP contribution in [0.15, 0.2) is 41.8 Å². The third kappa shape index (κ3) is 5.66. The van der Waals surface area contributed by atoms with Crippen LogP contribution < -0.4 is 16.0 Å². The predicted octanol–water partition coefficient (Wildman–Crippen LogP) is 4.28. The van der Waals surface area contributed by atoms with Crippen molar-refractivity contribution in [2.24, 2.45) is 0 Å². The zero-order valence-corrected chi connectivity index (χ0v) is 17.4. The molecule has 2 aromatic rings. The van der Waals surface area contributed by atoms with E-state index in [1.807, 2.05) is 11.4 Å². The molecule has 5 nitrogen and oxygen atoms in total. The summed E-state index contributed by atoms with van der Waals surface area (Å²) in [5.41, 5.74) is 2.29. The molecule has 0 unspecified atom stereocenters. The van der Waals surface area contributed by atoms with Crippen molar-refractivity contribution >= 4 is 23.3 Å². The van der Waals surface area contributed by atoms with E-state index in [1.165, 1.54) is 12.0 Å². The lowest BCUT2D eigenvalue weighted by Crippen LogP contribution is -2.51. The minimum absolute atomic E-state index is 0.0947. The monoisotopic (exact) mass is 399 g/mol. The third-order valence-corrected chi connectivity index (χ3v) is 6.16. The molecule has 1 aliphatic carbocycles. The summed E-state index contributed by atoms with van der Waals surface area (Å²) in [5.74, 6) is -0.318. The zero-order valence-electron chi connectivity index (χ0n) is 16.5. The Morgan fingerprint density at radius 1 is 1.07 bits per heavy atom. The molecule has 1 heterocycles. The summed E-state index contributed by atoms with van der Waals surface area (Å²) in [7, 11) is 0. The Labute approximate surface area is 170 Å². The van der Waals surface area contributed by atoms with Crippen LogP contribution in [-0.2, 0) is 4.79 Å². The first-order valence-electron chi connectivity index (χ1n) is 10.0. The number of carbonyl (C=O) groups excluding carboxylic acids is 2. The second-order valence-corrected chi connectivity index (χ2v) is 8.52. The van der Waals surface area contributed by atoms with E-state index in [4.69, 9.17) is 0 Å². The van der Waals surface area contributed by atoms with Crippen molar-refractivity contribution in [3.63, 3.8) is 0 Å². The van der Waals surface area contributed by atoms with E-state index in [-0.39, 0.29) is 18.0 Å². The lowest BCUT2D eigenvalue weighted by Gasteiger charge is -2.24.